The Kier molecular flexibility index (Phi) is 5.15. The highest BCUT2D eigenvalue weighted by Gasteiger charge is 2.39. The zero-order valence-electron chi connectivity index (χ0n) is 18.0. The molecule has 0 amide bonds. The number of anilines is 2. The Hall–Kier alpha value is -2.49. The normalized spacial score (nSPS) is 20.8. The lowest BCUT2D eigenvalue weighted by atomic mass is 9.77. The summed E-state index contributed by atoms with van der Waals surface area (Å²) in [5.41, 5.74) is 2.29. The molecule has 2 aromatic heterocycles. The van der Waals surface area contributed by atoms with Gasteiger partial charge in [0.1, 0.15) is 16.5 Å². The third-order valence-corrected chi connectivity index (χ3v) is 8.49. The monoisotopic (exact) mass is 485 g/mol. The van der Waals surface area contributed by atoms with E-state index in [9.17, 15) is 9.32 Å². The van der Waals surface area contributed by atoms with E-state index < -0.39 is 10.8 Å². The van der Waals surface area contributed by atoms with Gasteiger partial charge in [-0.2, -0.15) is 4.98 Å². The van der Waals surface area contributed by atoms with Crippen molar-refractivity contribution in [2.24, 2.45) is 0 Å². The molecule has 33 heavy (non-hydrogen) atoms. The molecule has 10 heteroatoms. The number of aliphatic hydroxyl groups is 1. The lowest BCUT2D eigenvalue weighted by molar-refractivity contribution is 0.143. The molecule has 0 spiro atoms. The number of hydrogen-bond donors (Lipinski definition) is 2. The number of fused-ring (bicyclic) bond motifs is 2. The van der Waals surface area contributed by atoms with E-state index in [1.807, 2.05) is 24.3 Å². The highest BCUT2D eigenvalue weighted by atomic mass is 35.5. The molecule has 3 aliphatic rings. The summed E-state index contributed by atoms with van der Waals surface area (Å²) in [6.45, 7) is 1.26. The van der Waals surface area contributed by atoms with Crippen molar-refractivity contribution in [3.8, 4) is 11.5 Å². The van der Waals surface area contributed by atoms with Gasteiger partial charge in [0.2, 0.25) is 11.8 Å². The van der Waals surface area contributed by atoms with Crippen LogP contribution in [0.25, 0.3) is 11.5 Å². The fourth-order valence-electron chi connectivity index (χ4n) is 4.67. The van der Waals surface area contributed by atoms with Gasteiger partial charge in [-0.3, -0.25) is 4.21 Å². The maximum atomic E-state index is 12.7. The molecule has 2 aliphatic heterocycles. The summed E-state index contributed by atoms with van der Waals surface area (Å²) >= 11 is 6.00. The number of nitrogens with zero attached hydrogens (tertiary/aromatic N) is 4. The SMILES string of the molecule is O=[S@]1CCc2nc(N3CCc4nc(-c5ccc(Cl)cc5)oc4C3)nc(NC3(CO)CCC3)c21. The van der Waals surface area contributed by atoms with Crippen LogP contribution in [0.4, 0.5) is 11.8 Å². The quantitative estimate of drug-likeness (QED) is 0.567. The second-order valence-corrected chi connectivity index (χ2v) is 10.9. The van der Waals surface area contributed by atoms with Crippen molar-refractivity contribution in [1.82, 2.24) is 15.0 Å². The molecule has 1 fully saturated rings. The number of nitrogens with one attached hydrogen (secondary N) is 1. The summed E-state index contributed by atoms with van der Waals surface area (Å²) in [6, 6.07) is 7.45. The van der Waals surface area contributed by atoms with E-state index in [1.54, 1.807) is 0 Å². The highest BCUT2D eigenvalue weighted by molar-refractivity contribution is 7.85. The van der Waals surface area contributed by atoms with Gasteiger partial charge in [0.25, 0.3) is 0 Å². The highest BCUT2D eigenvalue weighted by Crippen LogP contribution is 2.39. The van der Waals surface area contributed by atoms with Crippen LogP contribution in [0.15, 0.2) is 33.6 Å². The van der Waals surface area contributed by atoms with Crippen molar-refractivity contribution in [2.45, 2.75) is 49.1 Å². The van der Waals surface area contributed by atoms with E-state index in [2.05, 4.69) is 15.2 Å². The standard InChI is InChI=1S/C23H24ClN5O3S/c24-15-4-2-14(3-5-15)21-25-16-6-10-29(12-18(16)32-21)22-26-17-7-11-33(31)19(17)20(27-22)28-23(13-30)8-1-9-23/h2-5,30H,1,6-13H2,(H,26,27,28)/t33-/m0/s1. The van der Waals surface area contributed by atoms with Gasteiger partial charge >= 0.3 is 0 Å². The third kappa shape index (κ3) is 3.72. The molecule has 172 valence electrons. The Labute approximate surface area is 198 Å². The van der Waals surface area contributed by atoms with Gasteiger partial charge in [0.05, 0.1) is 40.9 Å². The van der Waals surface area contributed by atoms with Crippen molar-refractivity contribution in [3.63, 3.8) is 0 Å². The largest absolute Gasteiger partial charge is 0.439 e. The van der Waals surface area contributed by atoms with Crippen LogP contribution >= 0.6 is 11.6 Å². The fraction of sp³-hybridized carbons (Fsp3) is 0.435. The van der Waals surface area contributed by atoms with Crippen LogP contribution in [0.5, 0.6) is 0 Å². The molecular formula is C23H24ClN5O3S. The molecule has 3 aromatic rings. The summed E-state index contributed by atoms with van der Waals surface area (Å²) in [4.78, 5) is 17.0. The van der Waals surface area contributed by atoms with Crippen LogP contribution in [0, 0.1) is 0 Å². The second kappa shape index (κ2) is 8.07. The Morgan fingerprint density at radius 2 is 1.97 bits per heavy atom. The van der Waals surface area contributed by atoms with Crippen LogP contribution in [0.3, 0.4) is 0 Å². The number of hydrogen-bond acceptors (Lipinski definition) is 8. The molecule has 0 bridgehead atoms. The summed E-state index contributed by atoms with van der Waals surface area (Å²) in [5.74, 6) is 3.15. The number of aliphatic hydroxyl groups excluding tert-OH is 1. The van der Waals surface area contributed by atoms with Crippen LogP contribution in [-0.2, 0) is 30.2 Å². The molecule has 0 saturated heterocycles. The summed E-state index contributed by atoms with van der Waals surface area (Å²) in [6.07, 6.45) is 4.21. The molecule has 0 radical (unpaired) electrons. The molecule has 1 atom stereocenters. The number of aryl methyl sites for hydroxylation is 1. The smallest absolute Gasteiger partial charge is 0.228 e. The second-order valence-electron chi connectivity index (χ2n) is 8.93. The van der Waals surface area contributed by atoms with Crippen LogP contribution < -0.4 is 10.2 Å². The number of oxazole rings is 1. The Bertz CT molecular complexity index is 1240. The minimum atomic E-state index is -1.12. The maximum absolute atomic E-state index is 12.7. The minimum Gasteiger partial charge on any atom is -0.439 e. The molecule has 6 rings (SSSR count). The Morgan fingerprint density at radius 1 is 1.15 bits per heavy atom. The van der Waals surface area contributed by atoms with Crippen molar-refractivity contribution in [1.29, 1.82) is 0 Å². The summed E-state index contributed by atoms with van der Waals surface area (Å²) in [7, 11) is -1.12. The van der Waals surface area contributed by atoms with E-state index in [0.717, 1.165) is 48.4 Å². The predicted molar refractivity (Wildman–Crippen MR) is 126 cm³/mol. The van der Waals surface area contributed by atoms with E-state index >= 15 is 0 Å². The third-order valence-electron chi connectivity index (χ3n) is 6.78. The lowest BCUT2D eigenvalue weighted by Gasteiger charge is -2.41. The molecular weight excluding hydrogens is 462 g/mol. The average Bonchev–Trinajstić information content (AvgIpc) is 3.39. The number of halogens is 1. The first-order valence-corrected chi connectivity index (χ1v) is 12.9. The summed E-state index contributed by atoms with van der Waals surface area (Å²) < 4.78 is 18.8. The first-order valence-electron chi connectivity index (χ1n) is 11.2. The minimum absolute atomic E-state index is 0.0341. The number of aromatic nitrogens is 3. The van der Waals surface area contributed by atoms with E-state index in [4.69, 9.17) is 26.0 Å². The van der Waals surface area contributed by atoms with E-state index in [1.165, 1.54) is 0 Å². The topological polar surface area (TPSA) is 104 Å². The zero-order chi connectivity index (χ0) is 22.6. The predicted octanol–water partition coefficient (Wildman–Crippen LogP) is 3.34. The first kappa shape index (κ1) is 21.1. The lowest BCUT2D eigenvalue weighted by Crippen LogP contribution is -2.48. The van der Waals surface area contributed by atoms with Crippen LogP contribution in [0.2, 0.25) is 5.02 Å². The molecule has 1 aromatic carbocycles. The summed E-state index contributed by atoms with van der Waals surface area (Å²) in [5, 5.41) is 14.0. The van der Waals surface area contributed by atoms with Crippen LogP contribution in [-0.4, -0.2) is 48.7 Å². The molecule has 1 saturated carbocycles. The van der Waals surface area contributed by atoms with Gasteiger partial charge in [-0.25, -0.2) is 9.97 Å². The van der Waals surface area contributed by atoms with E-state index in [-0.39, 0.29) is 12.1 Å². The average molecular weight is 486 g/mol. The number of rotatable bonds is 5. The Morgan fingerprint density at radius 3 is 2.70 bits per heavy atom. The van der Waals surface area contributed by atoms with Gasteiger partial charge in [0.15, 0.2) is 0 Å². The van der Waals surface area contributed by atoms with E-state index in [0.29, 0.717) is 52.8 Å². The maximum Gasteiger partial charge on any atom is 0.228 e. The van der Waals surface area contributed by atoms with Gasteiger partial charge in [0, 0.05) is 35.7 Å². The van der Waals surface area contributed by atoms with Gasteiger partial charge in [-0.05, 0) is 43.5 Å². The van der Waals surface area contributed by atoms with Gasteiger partial charge < -0.3 is 19.7 Å². The molecule has 0 unspecified atom stereocenters. The molecule has 8 nitrogen and oxygen atoms in total. The molecule has 2 N–H and O–H groups in total. The molecule has 1 aliphatic carbocycles. The van der Waals surface area contributed by atoms with Gasteiger partial charge in [-0.15, -0.1) is 0 Å². The van der Waals surface area contributed by atoms with Crippen molar-refractivity contribution >= 4 is 34.2 Å². The number of benzene rings is 1. The van der Waals surface area contributed by atoms with Crippen molar-refractivity contribution in [3.05, 3.63) is 46.4 Å². The fourth-order valence-corrected chi connectivity index (χ4v) is 6.10. The van der Waals surface area contributed by atoms with Crippen molar-refractivity contribution < 1.29 is 13.7 Å². The van der Waals surface area contributed by atoms with Crippen LogP contribution in [0.1, 0.15) is 36.4 Å². The zero-order valence-corrected chi connectivity index (χ0v) is 19.6. The van der Waals surface area contributed by atoms with Crippen molar-refractivity contribution in [2.75, 3.05) is 29.1 Å². The Balaban J connectivity index is 1.31. The first-order chi connectivity index (χ1) is 16.0. The molecule has 4 heterocycles. The van der Waals surface area contributed by atoms with Gasteiger partial charge in [-0.1, -0.05) is 11.6 Å².